The summed E-state index contributed by atoms with van der Waals surface area (Å²) in [5.41, 5.74) is -4.23. The van der Waals surface area contributed by atoms with Gasteiger partial charge >= 0.3 is 12.4 Å². The van der Waals surface area contributed by atoms with Crippen molar-refractivity contribution in [3.8, 4) is 0 Å². The minimum atomic E-state index is -4.95. The molecular formula is C18H10F6N4O2. The summed E-state index contributed by atoms with van der Waals surface area (Å²) in [4.78, 5) is 29.7. The zero-order chi connectivity index (χ0) is 21.9. The van der Waals surface area contributed by atoms with Crippen molar-refractivity contribution in [2.45, 2.75) is 30.7 Å². The molecule has 1 aliphatic carbocycles. The molecule has 0 N–H and O–H groups in total. The summed E-state index contributed by atoms with van der Waals surface area (Å²) in [7, 11) is 0. The van der Waals surface area contributed by atoms with E-state index in [1.165, 1.54) is 12.1 Å². The number of hydrogen-bond donors (Lipinski definition) is 0. The number of hydrogen-bond acceptors (Lipinski definition) is 5. The van der Waals surface area contributed by atoms with Gasteiger partial charge in [0.05, 0.1) is 16.5 Å². The minimum absolute atomic E-state index is 0.0654. The van der Waals surface area contributed by atoms with Crippen LogP contribution in [0.5, 0.6) is 0 Å². The van der Waals surface area contributed by atoms with Gasteiger partial charge in [-0.25, -0.2) is 14.6 Å². The Kier molecular flexibility index (Phi) is 4.22. The molecule has 156 valence electrons. The number of halogens is 6. The standard InChI is InChI=1S/C18H10F6N4O2/c19-17(20,21)10-3-1-9(2-4-10)16(5-6-16)28-15-13(14(27-28)18(22,23)24)11(7-29)25-12(8-30)26-15/h1-4,7-8H,5-6H2. The summed E-state index contributed by atoms with van der Waals surface area (Å²) in [5.74, 6) is -0.511. The van der Waals surface area contributed by atoms with Gasteiger partial charge in [0.15, 0.2) is 29.7 Å². The van der Waals surface area contributed by atoms with E-state index in [1.807, 2.05) is 0 Å². The number of nitrogens with zero attached hydrogens (tertiary/aromatic N) is 4. The Morgan fingerprint density at radius 3 is 2.00 bits per heavy atom. The molecule has 0 radical (unpaired) electrons. The molecule has 1 aliphatic rings. The molecule has 0 spiro atoms. The van der Waals surface area contributed by atoms with Crippen LogP contribution in [0.2, 0.25) is 0 Å². The van der Waals surface area contributed by atoms with E-state index in [0.29, 0.717) is 5.56 Å². The van der Waals surface area contributed by atoms with Gasteiger partial charge in [-0.1, -0.05) is 12.1 Å². The average Bonchev–Trinajstić information content (AvgIpc) is 3.39. The van der Waals surface area contributed by atoms with Crippen molar-refractivity contribution in [3.05, 3.63) is 52.6 Å². The van der Waals surface area contributed by atoms with Crippen molar-refractivity contribution >= 4 is 23.6 Å². The summed E-state index contributed by atoms with van der Waals surface area (Å²) < 4.78 is 80.2. The second-order valence-electron chi connectivity index (χ2n) is 6.77. The van der Waals surface area contributed by atoms with Gasteiger partial charge in [0.25, 0.3) is 0 Å². The fraction of sp³-hybridized carbons (Fsp3) is 0.278. The molecule has 1 saturated carbocycles. The molecule has 0 amide bonds. The Morgan fingerprint density at radius 1 is 0.900 bits per heavy atom. The topological polar surface area (TPSA) is 77.7 Å². The van der Waals surface area contributed by atoms with Crippen LogP contribution in [0.1, 0.15) is 50.8 Å². The van der Waals surface area contributed by atoms with Crippen LogP contribution in [-0.2, 0) is 17.9 Å². The Morgan fingerprint density at radius 2 is 1.53 bits per heavy atom. The maximum atomic E-state index is 13.6. The number of aldehydes is 2. The molecule has 1 fully saturated rings. The highest BCUT2D eigenvalue weighted by Crippen LogP contribution is 2.51. The van der Waals surface area contributed by atoms with Gasteiger partial charge in [-0.2, -0.15) is 31.4 Å². The summed E-state index contributed by atoms with van der Waals surface area (Å²) in [6, 6.07) is 3.99. The van der Waals surface area contributed by atoms with Gasteiger partial charge in [-0.05, 0) is 30.5 Å². The second kappa shape index (κ2) is 6.34. The van der Waals surface area contributed by atoms with E-state index in [1.54, 1.807) is 0 Å². The third-order valence-electron chi connectivity index (χ3n) is 4.94. The lowest BCUT2D eigenvalue weighted by molar-refractivity contribution is -0.140. The summed E-state index contributed by atoms with van der Waals surface area (Å²) in [6.45, 7) is 0. The molecule has 6 nitrogen and oxygen atoms in total. The van der Waals surface area contributed by atoms with E-state index in [9.17, 15) is 35.9 Å². The van der Waals surface area contributed by atoms with E-state index >= 15 is 0 Å². The number of carbonyl (C=O) groups is 2. The first-order valence-electron chi connectivity index (χ1n) is 8.48. The van der Waals surface area contributed by atoms with Gasteiger partial charge < -0.3 is 0 Å². The number of aromatic nitrogens is 4. The SMILES string of the molecule is O=Cc1nc(C=O)c2c(C(F)(F)F)nn(C3(c4ccc(C(F)(F)F)cc4)CC3)c2n1. The van der Waals surface area contributed by atoms with E-state index in [0.717, 1.165) is 16.8 Å². The van der Waals surface area contributed by atoms with Crippen LogP contribution in [0, 0.1) is 0 Å². The van der Waals surface area contributed by atoms with Gasteiger partial charge in [0.1, 0.15) is 5.69 Å². The fourth-order valence-electron chi connectivity index (χ4n) is 3.41. The monoisotopic (exact) mass is 428 g/mol. The van der Waals surface area contributed by atoms with Gasteiger partial charge in [0, 0.05) is 0 Å². The van der Waals surface area contributed by atoms with Crippen LogP contribution >= 0.6 is 0 Å². The normalized spacial score (nSPS) is 15.9. The van der Waals surface area contributed by atoms with Crippen LogP contribution < -0.4 is 0 Å². The van der Waals surface area contributed by atoms with Gasteiger partial charge in [-0.3, -0.25) is 9.59 Å². The van der Waals surface area contributed by atoms with Crippen molar-refractivity contribution in [1.82, 2.24) is 19.7 Å². The van der Waals surface area contributed by atoms with E-state index in [2.05, 4.69) is 15.1 Å². The molecule has 3 aromatic rings. The Hall–Kier alpha value is -3.31. The maximum absolute atomic E-state index is 13.6. The summed E-state index contributed by atoms with van der Waals surface area (Å²) >= 11 is 0. The molecule has 0 aliphatic heterocycles. The van der Waals surface area contributed by atoms with Crippen molar-refractivity contribution in [1.29, 1.82) is 0 Å². The number of rotatable bonds is 4. The van der Waals surface area contributed by atoms with Crippen LogP contribution in [0.4, 0.5) is 26.3 Å². The van der Waals surface area contributed by atoms with Crippen molar-refractivity contribution in [2.75, 3.05) is 0 Å². The third kappa shape index (κ3) is 3.02. The molecule has 1 aromatic carbocycles. The minimum Gasteiger partial charge on any atom is -0.296 e. The first-order valence-corrected chi connectivity index (χ1v) is 8.48. The highest BCUT2D eigenvalue weighted by Gasteiger charge is 2.51. The van der Waals surface area contributed by atoms with Crippen molar-refractivity contribution < 1.29 is 35.9 Å². The summed E-state index contributed by atoms with van der Waals surface area (Å²) in [6.07, 6.45) is -8.72. The highest BCUT2D eigenvalue weighted by atomic mass is 19.4. The Bertz CT molecular complexity index is 1160. The molecule has 0 unspecified atom stereocenters. The van der Waals surface area contributed by atoms with Crippen LogP contribution in [-0.4, -0.2) is 32.3 Å². The molecular weight excluding hydrogens is 418 g/mol. The molecule has 0 bridgehead atoms. The second-order valence-corrected chi connectivity index (χ2v) is 6.77. The fourth-order valence-corrected chi connectivity index (χ4v) is 3.41. The van der Waals surface area contributed by atoms with Crippen molar-refractivity contribution in [2.24, 2.45) is 0 Å². The Labute approximate surface area is 163 Å². The largest absolute Gasteiger partial charge is 0.435 e. The number of alkyl halides is 6. The van der Waals surface area contributed by atoms with Gasteiger partial charge in [-0.15, -0.1) is 0 Å². The molecule has 30 heavy (non-hydrogen) atoms. The lowest BCUT2D eigenvalue weighted by atomic mass is 10.0. The summed E-state index contributed by atoms with van der Waals surface area (Å²) in [5, 5.41) is 2.95. The van der Waals surface area contributed by atoms with E-state index < -0.39 is 46.1 Å². The molecule has 4 rings (SSSR count). The lowest BCUT2D eigenvalue weighted by Crippen LogP contribution is -2.22. The van der Waals surface area contributed by atoms with Crippen LogP contribution in [0.25, 0.3) is 11.0 Å². The average molecular weight is 428 g/mol. The molecule has 2 aromatic heterocycles. The molecule has 12 heteroatoms. The van der Waals surface area contributed by atoms with Crippen LogP contribution in [0.3, 0.4) is 0 Å². The lowest BCUT2D eigenvalue weighted by Gasteiger charge is -2.18. The van der Waals surface area contributed by atoms with Crippen LogP contribution in [0.15, 0.2) is 24.3 Å². The maximum Gasteiger partial charge on any atom is 0.435 e. The zero-order valence-electron chi connectivity index (χ0n) is 14.8. The molecule has 0 atom stereocenters. The number of benzene rings is 1. The molecule has 0 saturated heterocycles. The smallest absolute Gasteiger partial charge is 0.296 e. The van der Waals surface area contributed by atoms with E-state index in [4.69, 9.17) is 0 Å². The zero-order valence-corrected chi connectivity index (χ0v) is 14.8. The highest BCUT2D eigenvalue weighted by molar-refractivity contribution is 5.96. The van der Waals surface area contributed by atoms with Crippen molar-refractivity contribution in [3.63, 3.8) is 0 Å². The molecule has 2 heterocycles. The Balaban J connectivity index is 1.96. The number of carbonyl (C=O) groups excluding carboxylic acids is 2. The van der Waals surface area contributed by atoms with E-state index in [-0.39, 0.29) is 31.1 Å². The predicted octanol–water partition coefficient (Wildman–Crippen LogP) is 4.03. The third-order valence-corrected chi connectivity index (χ3v) is 4.94. The number of fused-ring (bicyclic) bond motifs is 1. The predicted molar refractivity (Wildman–Crippen MR) is 88.9 cm³/mol. The first-order chi connectivity index (χ1) is 14.0. The first kappa shape index (κ1) is 20.0. The quantitative estimate of drug-likeness (QED) is 0.463. The van der Waals surface area contributed by atoms with Gasteiger partial charge in [0.2, 0.25) is 0 Å².